The SMILES string of the molecule is CC.CC(C)C.Cc1cccc(Oc2cccc(NC=O)c2)c1.c1ccc(C2CCNC2)cc1. The molecule has 3 aromatic carbocycles. The Bertz CT molecular complexity index is 917. The van der Waals surface area contributed by atoms with E-state index in [0.29, 0.717) is 17.8 Å². The van der Waals surface area contributed by atoms with Gasteiger partial charge in [-0.2, -0.15) is 0 Å². The summed E-state index contributed by atoms with van der Waals surface area (Å²) in [5.74, 6) is 3.08. The number of benzene rings is 3. The highest BCUT2D eigenvalue weighted by Gasteiger charge is 2.15. The van der Waals surface area contributed by atoms with E-state index in [1.807, 2.05) is 57.2 Å². The van der Waals surface area contributed by atoms with Gasteiger partial charge in [0.2, 0.25) is 6.41 Å². The van der Waals surface area contributed by atoms with Gasteiger partial charge in [0.05, 0.1) is 0 Å². The number of hydrogen-bond donors (Lipinski definition) is 2. The first-order valence-corrected chi connectivity index (χ1v) is 12.3. The Hall–Kier alpha value is -3.11. The van der Waals surface area contributed by atoms with Crippen LogP contribution in [0.2, 0.25) is 0 Å². The van der Waals surface area contributed by atoms with Gasteiger partial charge in [-0.25, -0.2) is 0 Å². The van der Waals surface area contributed by atoms with E-state index in [0.717, 1.165) is 29.7 Å². The maximum absolute atomic E-state index is 10.3. The minimum atomic E-state index is 0.645. The molecule has 1 heterocycles. The molecule has 1 amide bonds. The highest BCUT2D eigenvalue weighted by Crippen LogP contribution is 2.24. The van der Waals surface area contributed by atoms with Crippen LogP contribution in [0.25, 0.3) is 0 Å². The van der Waals surface area contributed by atoms with E-state index in [4.69, 9.17) is 4.74 Å². The summed E-state index contributed by atoms with van der Waals surface area (Å²) in [4.78, 5) is 10.3. The minimum absolute atomic E-state index is 0.645. The van der Waals surface area contributed by atoms with Gasteiger partial charge in [0, 0.05) is 18.3 Å². The molecule has 4 rings (SSSR count). The lowest BCUT2D eigenvalue weighted by molar-refractivity contribution is -0.105. The van der Waals surface area contributed by atoms with Gasteiger partial charge in [-0.15, -0.1) is 0 Å². The third-order valence-electron chi connectivity index (χ3n) is 4.62. The summed E-state index contributed by atoms with van der Waals surface area (Å²) < 4.78 is 5.69. The molecule has 0 saturated carbocycles. The summed E-state index contributed by atoms with van der Waals surface area (Å²) in [5.41, 5.74) is 3.34. The minimum Gasteiger partial charge on any atom is -0.457 e. The van der Waals surface area contributed by atoms with Crippen LogP contribution < -0.4 is 15.4 Å². The zero-order valence-electron chi connectivity index (χ0n) is 21.7. The first-order chi connectivity index (χ1) is 16.5. The zero-order chi connectivity index (χ0) is 25.2. The monoisotopic (exact) mass is 462 g/mol. The van der Waals surface area contributed by atoms with Crippen molar-refractivity contribution in [1.29, 1.82) is 0 Å². The lowest BCUT2D eigenvalue weighted by atomic mass is 9.99. The summed E-state index contributed by atoms with van der Waals surface area (Å²) in [6.45, 7) is 14.8. The molecule has 4 heteroatoms. The van der Waals surface area contributed by atoms with Crippen molar-refractivity contribution in [3.05, 3.63) is 90.0 Å². The lowest BCUT2D eigenvalue weighted by Crippen LogP contribution is -2.07. The second-order valence-electron chi connectivity index (χ2n) is 8.54. The molecule has 1 aliphatic heterocycles. The molecule has 1 aliphatic rings. The molecule has 0 aromatic heterocycles. The average molecular weight is 463 g/mol. The molecule has 1 fully saturated rings. The zero-order valence-corrected chi connectivity index (χ0v) is 21.7. The van der Waals surface area contributed by atoms with Crippen LogP contribution in [-0.2, 0) is 4.79 Å². The summed E-state index contributed by atoms with van der Waals surface area (Å²) in [6.07, 6.45) is 1.94. The second kappa shape index (κ2) is 17.4. The molecule has 1 saturated heterocycles. The molecule has 1 atom stereocenters. The Kier molecular flexibility index (Phi) is 14.8. The van der Waals surface area contributed by atoms with E-state index in [1.54, 1.807) is 12.1 Å². The topological polar surface area (TPSA) is 50.4 Å². The van der Waals surface area contributed by atoms with Gasteiger partial charge in [-0.1, -0.05) is 83.1 Å². The van der Waals surface area contributed by atoms with Crippen LogP contribution >= 0.6 is 0 Å². The smallest absolute Gasteiger partial charge is 0.211 e. The van der Waals surface area contributed by atoms with Crippen LogP contribution in [0.5, 0.6) is 11.5 Å². The Morgan fingerprint density at radius 1 is 0.912 bits per heavy atom. The normalized spacial score (nSPS) is 13.8. The number of ether oxygens (including phenoxy) is 1. The predicted molar refractivity (Wildman–Crippen MR) is 146 cm³/mol. The lowest BCUT2D eigenvalue weighted by Gasteiger charge is -2.07. The van der Waals surface area contributed by atoms with E-state index in [1.165, 1.54) is 18.5 Å². The number of carbonyl (C=O) groups excluding carboxylic acids is 1. The molecule has 0 radical (unpaired) electrons. The maximum Gasteiger partial charge on any atom is 0.211 e. The van der Waals surface area contributed by atoms with Crippen LogP contribution in [0, 0.1) is 12.8 Å². The number of amides is 1. The van der Waals surface area contributed by atoms with Crippen molar-refractivity contribution in [1.82, 2.24) is 5.32 Å². The summed E-state index contributed by atoms with van der Waals surface area (Å²) in [6, 6.07) is 25.8. The first-order valence-electron chi connectivity index (χ1n) is 12.3. The Morgan fingerprint density at radius 2 is 1.53 bits per heavy atom. The van der Waals surface area contributed by atoms with Crippen molar-refractivity contribution in [2.45, 2.75) is 53.9 Å². The number of carbonyl (C=O) groups is 1. The van der Waals surface area contributed by atoms with Crippen LogP contribution in [0.4, 0.5) is 5.69 Å². The summed E-state index contributed by atoms with van der Waals surface area (Å²) in [7, 11) is 0. The van der Waals surface area contributed by atoms with Gasteiger partial charge in [0.15, 0.2) is 0 Å². The third-order valence-corrected chi connectivity index (χ3v) is 4.62. The molecule has 0 spiro atoms. The van der Waals surface area contributed by atoms with Gasteiger partial charge in [-0.3, -0.25) is 4.79 Å². The number of anilines is 1. The van der Waals surface area contributed by atoms with Crippen LogP contribution in [0.3, 0.4) is 0 Å². The maximum atomic E-state index is 10.3. The van der Waals surface area contributed by atoms with Crippen LogP contribution in [0.1, 0.15) is 58.1 Å². The van der Waals surface area contributed by atoms with Crippen molar-refractivity contribution in [2.24, 2.45) is 5.92 Å². The molecule has 34 heavy (non-hydrogen) atoms. The fourth-order valence-corrected chi connectivity index (χ4v) is 3.20. The van der Waals surface area contributed by atoms with Crippen molar-refractivity contribution in [2.75, 3.05) is 18.4 Å². The number of hydrogen-bond acceptors (Lipinski definition) is 3. The van der Waals surface area contributed by atoms with Gasteiger partial charge in [0.1, 0.15) is 11.5 Å². The molecular formula is C30H42N2O2. The summed E-state index contributed by atoms with van der Waals surface area (Å²) in [5, 5.41) is 5.96. The second-order valence-corrected chi connectivity index (χ2v) is 8.54. The van der Waals surface area contributed by atoms with Crippen LogP contribution in [0.15, 0.2) is 78.9 Å². The molecule has 1 unspecified atom stereocenters. The van der Waals surface area contributed by atoms with Crippen molar-refractivity contribution < 1.29 is 9.53 Å². The first kappa shape index (κ1) is 28.9. The van der Waals surface area contributed by atoms with Gasteiger partial charge >= 0.3 is 0 Å². The highest BCUT2D eigenvalue weighted by atomic mass is 16.5. The fraction of sp³-hybridized carbons (Fsp3) is 0.367. The Balaban J connectivity index is 0.000000291. The summed E-state index contributed by atoms with van der Waals surface area (Å²) >= 11 is 0. The molecule has 184 valence electrons. The Labute approximate surface area is 206 Å². The molecule has 2 N–H and O–H groups in total. The van der Waals surface area contributed by atoms with Gasteiger partial charge < -0.3 is 15.4 Å². The molecular weight excluding hydrogens is 420 g/mol. The average Bonchev–Trinajstić information content (AvgIpc) is 3.37. The quantitative estimate of drug-likeness (QED) is 0.380. The van der Waals surface area contributed by atoms with E-state index >= 15 is 0 Å². The number of nitrogens with one attached hydrogen (secondary N) is 2. The van der Waals surface area contributed by atoms with Gasteiger partial charge in [0.25, 0.3) is 0 Å². The molecule has 3 aromatic rings. The molecule has 0 bridgehead atoms. The largest absolute Gasteiger partial charge is 0.457 e. The standard InChI is InChI=1S/C14H13NO2.C10H13N.C4H10.C2H6/c1-11-4-2-6-13(8-11)17-14-7-3-5-12(9-14)15-10-16;1-2-4-9(5-3-1)10-6-7-11-8-10;1-4(2)3;1-2/h2-10H,1H3,(H,15,16);1-5,10-11H,6-8H2;4H,1-3H3;1-2H3. The highest BCUT2D eigenvalue weighted by molar-refractivity contribution is 5.71. The van der Waals surface area contributed by atoms with E-state index in [2.05, 4.69) is 61.7 Å². The van der Waals surface area contributed by atoms with Crippen molar-refractivity contribution in [3.8, 4) is 11.5 Å². The predicted octanol–water partition coefficient (Wildman–Crippen LogP) is 7.81. The fourth-order valence-electron chi connectivity index (χ4n) is 3.20. The van der Waals surface area contributed by atoms with E-state index < -0.39 is 0 Å². The Morgan fingerprint density at radius 3 is 2.09 bits per heavy atom. The molecule has 4 nitrogen and oxygen atoms in total. The third kappa shape index (κ3) is 12.2. The van der Waals surface area contributed by atoms with Crippen molar-refractivity contribution in [3.63, 3.8) is 0 Å². The van der Waals surface area contributed by atoms with Gasteiger partial charge in [-0.05, 0) is 67.1 Å². The van der Waals surface area contributed by atoms with E-state index in [9.17, 15) is 4.79 Å². The number of aryl methyl sites for hydroxylation is 1. The van der Waals surface area contributed by atoms with Crippen LogP contribution in [-0.4, -0.2) is 19.5 Å². The van der Waals surface area contributed by atoms with E-state index in [-0.39, 0.29) is 0 Å². The molecule has 0 aliphatic carbocycles. The van der Waals surface area contributed by atoms with Crippen molar-refractivity contribution >= 4 is 12.1 Å². The number of rotatable bonds is 5.